The summed E-state index contributed by atoms with van der Waals surface area (Å²) in [6.07, 6.45) is 0.112. The lowest BCUT2D eigenvalue weighted by Crippen LogP contribution is -2.75. The number of fused-ring (bicyclic) bond motifs is 1. The Labute approximate surface area is 163 Å². The summed E-state index contributed by atoms with van der Waals surface area (Å²) < 4.78 is 4.90. The zero-order valence-electron chi connectivity index (χ0n) is 14.5. The molecule has 2 fully saturated rings. The second kappa shape index (κ2) is 7.49. The maximum atomic E-state index is 12.5. The molecule has 0 spiro atoms. The van der Waals surface area contributed by atoms with E-state index in [0.29, 0.717) is 0 Å². The number of amides is 2. The van der Waals surface area contributed by atoms with E-state index >= 15 is 0 Å². The number of hydrogen-bond donors (Lipinski definition) is 2. The largest absolute Gasteiger partial charge is 0.481 e. The average molecular weight is 413 g/mol. The highest BCUT2D eigenvalue weighted by Gasteiger charge is 2.59. The van der Waals surface area contributed by atoms with Crippen molar-refractivity contribution < 1.29 is 29.0 Å². The Balaban J connectivity index is 1.66. The Morgan fingerprint density at radius 2 is 2.22 bits per heavy atom. The first-order valence-corrected chi connectivity index (χ1v) is 10.1. The van der Waals surface area contributed by atoms with Gasteiger partial charge in [-0.1, -0.05) is 6.07 Å². The summed E-state index contributed by atoms with van der Waals surface area (Å²) >= 11 is 2.66. The van der Waals surface area contributed by atoms with Crippen molar-refractivity contribution in [2.75, 3.05) is 18.9 Å². The number of hydrazine groups is 1. The summed E-state index contributed by atoms with van der Waals surface area (Å²) in [5.41, 5.74) is -1.37. The summed E-state index contributed by atoms with van der Waals surface area (Å²) in [7, 11) is 0. The minimum absolute atomic E-state index is 0.0877. The minimum atomic E-state index is -1.37. The van der Waals surface area contributed by atoms with Gasteiger partial charge in [0, 0.05) is 24.1 Å². The second-order valence-electron chi connectivity index (χ2n) is 6.54. The van der Waals surface area contributed by atoms with E-state index in [0.717, 1.165) is 9.89 Å². The van der Waals surface area contributed by atoms with Crippen LogP contribution in [0.4, 0.5) is 0 Å². The van der Waals surface area contributed by atoms with Crippen LogP contribution >= 0.6 is 23.1 Å². The van der Waals surface area contributed by atoms with Crippen LogP contribution in [-0.2, 0) is 30.3 Å². The average Bonchev–Trinajstić information content (AvgIpc) is 3.12. The molecule has 3 rings (SSSR count). The smallest absolute Gasteiger partial charge is 0.315 e. The molecule has 2 saturated heterocycles. The van der Waals surface area contributed by atoms with Gasteiger partial charge in [-0.25, -0.2) is 5.84 Å². The van der Waals surface area contributed by atoms with Crippen molar-refractivity contribution in [1.29, 1.82) is 0 Å². The van der Waals surface area contributed by atoms with Gasteiger partial charge >= 0.3 is 11.9 Å². The van der Waals surface area contributed by atoms with Crippen molar-refractivity contribution in [2.45, 2.75) is 24.8 Å². The maximum absolute atomic E-state index is 12.5. The summed E-state index contributed by atoms with van der Waals surface area (Å²) in [4.78, 5) is 49.9. The van der Waals surface area contributed by atoms with E-state index < -0.39 is 34.7 Å². The first-order chi connectivity index (χ1) is 12.7. The topological polar surface area (TPSA) is 130 Å². The lowest BCUT2D eigenvalue weighted by Gasteiger charge is -2.55. The number of carbonyl (C=O) groups excluding carboxylic acids is 3. The minimum Gasteiger partial charge on any atom is -0.481 e. The van der Waals surface area contributed by atoms with E-state index in [-0.39, 0.29) is 31.2 Å². The molecule has 2 amide bonds. The first-order valence-electron chi connectivity index (χ1n) is 8.13. The number of esters is 1. The standard InChI is InChI=1S/C16H19N3O6S2/c1-9(20)25-7-16(15(23)24)6-18-13(22)12(14(18)27-8-16)19(17)11(21)5-10-3-2-4-26-10/h2-4,12,14H,5-8,17H2,1H3,(H,23,24)/t12?,14-,16?/m1/s1. The fourth-order valence-electron chi connectivity index (χ4n) is 3.05. The Morgan fingerprint density at radius 3 is 2.81 bits per heavy atom. The van der Waals surface area contributed by atoms with Gasteiger partial charge in [0.15, 0.2) is 6.04 Å². The molecule has 3 heterocycles. The molecular weight excluding hydrogens is 394 g/mol. The lowest BCUT2D eigenvalue weighted by atomic mass is 9.88. The number of β-lactam (4-membered cyclic amide) rings is 1. The molecule has 0 aromatic carbocycles. The second-order valence-corrected chi connectivity index (χ2v) is 8.67. The molecule has 0 aliphatic carbocycles. The maximum Gasteiger partial charge on any atom is 0.315 e. The number of nitrogens with two attached hydrogens (primary N) is 1. The predicted octanol–water partition coefficient (Wildman–Crippen LogP) is -0.0893. The van der Waals surface area contributed by atoms with Crippen LogP contribution in [0.3, 0.4) is 0 Å². The van der Waals surface area contributed by atoms with Gasteiger partial charge < -0.3 is 14.7 Å². The molecule has 2 aliphatic rings. The van der Waals surface area contributed by atoms with Crippen LogP contribution in [-0.4, -0.2) is 69.1 Å². The fourth-order valence-corrected chi connectivity index (χ4v) is 5.33. The molecule has 11 heteroatoms. The van der Waals surface area contributed by atoms with Crippen molar-refractivity contribution in [3.05, 3.63) is 22.4 Å². The predicted molar refractivity (Wildman–Crippen MR) is 97.5 cm³/mol. The fraction of sp³-hybridized carbons (Fsp3) is 0.500. The Kier molecular flexibility index (Phi) is 5.45. The van der Waals surface area contributed by atoms with Gasteiger partial charge in [0.25, 0.3) is 5.91 Å². The van der Waals surface area contributed by atoms with Gasteiger partial charge in [-0.2, -0.15) is 0 Å². The highest BCUT2D eigenvalue weighted by Crippen LogP contribution is 2.43. The van der Waals surface area contributed by atoms with Gasteiger partial charge in [0.05, 0.1) is 6.42 Å². The Bertz CT molecular complexity index is 770. The molecule has 0 radical (unpaired) electrons. The molecule has 146 valence electrons. The molecule has 27 heavy (non-hydrogen) atoms. The monoisotopic (exact) mass is 413 g/mol. The van der Waals surface area contributed by atoms with Crippen LogP contribution in [0.15, 0.2) is 17.5 Å². The molecule has 9 nitrogen and oxygen atoms in total. The molecule has 2 unspecified atom stereocenters. The Hall–Kier alpha value is -2.11. The molecule has 1 aromatic heterocycles. The SMILES string of the molecule is CC(=O)OCC1(C(=O)O)CS[C@@H]2C(N(N)C(=O)Cc3cccs3)C(=O)N2C1. The molecule has 2 aliphatic heterocycles. The summed E-state index contributed by atoms with van der Waals surface area (Å²) in [6, 6.07) is 2.83. The highest BCUT2D eigenvalue weighted by atomic mass is 32.2. The third-order valence-electron chi connectivity index (χ3n) is 4.62. The summed E-state index contributed by atoms with van der Waals surface area (Å²) in [5, 5.41) is 12.0. The third-order valence-corrected chi connectivity index (χ3v) is 7.06. The quantitative estimate of drug-likeness (QED) is 0.218. The molecule has 3 N–H and O–H groups in total. The summed E-state index contributed by atoms with van der Waals surface area (Å²) in [5.74, 6) is 3.57. The van der Waals surface area contributed by atoms with E-state index in [4.69, 9.17) is 10.6 Å². The van der Waals surface area contributed by atoms with E-state index in [2.05, 4.69) is 0 Å². The number of carbonyl (C=O) groups is 4. The van der Waals surface area contributed by atoms with Crippen molar-refractivity contribution in [3.63, 3.8) is 0 Å². The van der Waals surface area contributed by atoms with E-state index in [9.17, 15) is 24.3 Å². The number of carboxylic acids is 1. The zero-order valence-corrected chi connectivity index (χ0v) is 16.1. The summed E-state index contributed by atoms with van der Waals surface area (Å²) in [6.45, 7) is 0.801. The number of ether oxygens (including phenoxy) is 1. The number of nitrogens with zero attached hydrogens (tertiary/aromatic N) is 2. The zero-order chi connectivity index (χ0) is 19.8. The van der Waals surface area contributed by atoms with Crippen molar-refractivity contribution in [2.24, 2.45) is 11.3 Å². The number of rotatable bonds is 6. The van der Waals surface area contributed by atoms with Crippen LogP contribution in [0.2, 0.25) is 0 Å². The Morgan fingerprint density at radius 1 is 1.48 bits per heavy atom. The van der Waals surface area contributed by atoms with Crippen LogP contribution in [0.25, 0.3) is 0 Å². The molecule has 0 saturated carbocycles. The number of hydrogen-bond acceptors (Lipinski definition) is 8. The van der Waals surface area contributed by atoms with Crippen molar-refractivity contribution >= 4 is 46.9 Å². The lowest BCUT2D eigenvalue weighted by molar-refractivity contribution is -0.170. The molecule has 0 bridgehead atoms. The highest BCUT2D eigenvalue weighted by molar-refractivity contribution is 8.00. The van der Waals surface area contributed by atoms with Crippen LogP contribution < -0.4 is 5.84 Å². The van der Waals surface area contributed by atoms with Crippen LogP contribution in [0, 0.1) is 5.41 Å². The third kappa shape index (κ3) is 3.66. The molecule has 3 atom stereocenters. The van der Waals surface area contributed by atoms with E-state index in [1.165, 1.54) is 34.9 Å². The van der Waals surface area contributed by atoms with Crippen LogP contribution in [0.1, 0.15) is 11.8 Å². The number of aliphatic carboxylic acids is 1. The first kappa shape index (κ1) is 19.6. The molecular formula is C16H19N3O6S2. The van der Waals surface area contributed by atoms with Crippen molar-refractivity contribution in [3.8, 4) is 0 Å². The van der Waals surface area contributed by atoms with Gasteiger partial charge in [0.2, 0.25) is 5.91 Å². The number of thiophene rings is 1. The van der Waals surface area contributed by atoms with Gasteiger partial charge in [-0.3, -0.25) is 24.2 Å². The number of thioether (sulfide) groups is 1. The van der Waals surface area contributed by atoms with Crippen molar-refractivity contribution in [1.82, 2.24) is 9.91 Å². The normalized spacial score (nSPS) is 26.7. The van der Waals surface area contributed by atoms with E-state index in [1.54, 1.807) is 0 Å². The van der Waals surface area contributed by atoms with Gasteiger partial charge in [-0.05, 0) is 11.4 Å². The number of carboxylic acid groups (broad SMARTS) is 1. The van der Waals surface area contributed by atoms with Crippen LogP contribution in [0.5, 0.6) is 0 Å². The molecule has 1 aromatic rings. The van der Waals surface area contributed by atoms with Gasteiger partial charge in [-0.15, -0.1) is 23.1 Å². The van der Waals surface area contributed by atoms with E-state index in [1.807, 2.05) is 17.5 Å². The van der Waals surface area contributed by atoms with Gasteiger partial charge in [0.1, 0.15) is 17.4 Å².